The molecule has 152 valence electrons. The minimum atomic E-state index is -4.16. The van der Waals surface area contributed by atoms with Crippen LogP contribution in [0.3, 0.4) is 0 Å². The topological polar surface area (TPSA) is 77.4 Å². The minimum Gasteiger partial charge on any atom is -0.748 e. The van der Waals surface area contributed by atoms with Crippen molar-refractivity contribution in [3.8, 4) is 0 Å². The molecule has 0 fully saturated rings. The zero-order valence-electron chi connectivity index (χ0n) is 17.5. The summed E-state index contributed by atoms with van der Waals surface area (Å²) in [5.74, 6) is 0. The summed E-state index contributed by atoms with van der Waals surface area (Å²) < 4.78 is 34.2. The SMILES string of the molecule is CCCCCCCC(CCCCCCCC(O)CCCC)S(=O)(=O)[O-].[Na+]. The van der Waals surface area contributed by atoms with Gasteiger partial charge in [-0.25, -0.2) is 8.42 Å². The van der Waals surface area contributed by atoms with Crippen LogP contribution in [0.25, 0.3) is 0 Å². The van der Waals surface area contributed by atoms with E-state index in [2.05, 4.69) is 13.8 Å². The maximum Gasteiger partial charge on any atom is 1.00 e. The molecule has 0 aromatic heterocycles. The van der Waals surface area contributed by atoms with Gasteiger partial charge in [0, 0.05) is 5.25 Å². The third kappa shape index (κ3) is 18.2. The first kappa shape index (κ1) is 29.1. The molecule has 26 heavy (non-hydrogen) atoms. The van der Waals surface area contributed by atoms with Crippen LogP contribution >= 0.6 is 0 Å². The molecule has 4 nitrogen and oxygen atoms in total. The Kier molecular flexibility index (Phi) is 21.5. The summed E-state index contributed by atoms with van der Waals surface area (Å²) in [5.41, 5.74) is 0. The Morgan fingerprint density at radius 3 is 1.54 bits per heavy atom. The average Bonchev–Trinajstić information content (AvgIpc) is 2.55. The molecule has 0 aromatic rings. The molecular formula is C20H41NaO4S. The largest absolute Gasteiger partial charge is 1.00 e. The third-order valence-corrected chi connectivity index (χ3v) is 6.28. The zero-order valence-corrected chi connectivity index (χ0v) is 20.4. The van der Waals surface area contributed by atoms with Crippen LogP contribution in [0.4, 0.5) is 0 Å². The van der Waals surface area contributed by atoms with Gasteiger partial charge in [-0.3, -0.25) is 0 Å². The Bertz CT molecular complexity index is 387. The van der Waals surface area contributed by atoms with E-state index in [1.165, 1.54) is 12.8 Å². The first-order valence-electron chi connectivity index (χ1n) is 10.5. The van der Waals surface area contributed by atoms with Gasteiger partial charge in [0.05, 0.1) is 16.2 Å². The predicted octanol–water partition coefficient (Wildman–Crippen LogP) is 2.55. The fourth-order valence-electron chi connectivity index (χ4n) is 3.27. The second-order valence-electron chi connectivity index (χ2n) is 7.46. The second kappa shape index (κ2) is 19.2. The van der Waals surface area contributed by atoms with Crippen LogP contribution in [0, 0.1) is 0 Å². The molecule has 0 heterocycles. The molecule has 0 aliphatic heterocycles. The molecule has 0 aliphatic carbocycles. The van der Waals surface area contributed by atoms with Gasteiger partial charge >= 0.3 is 29.6 Å². The Labute approximate surface area is 185 Å². The molecule has 6 heteroatoms. The van der Waals surface area contributed by atoms with Gasteiger partial charge in [0.25, 0.3) is 0 Å². The summed E-state index contributed by atoms with van der Waals surface area (Å²) in [5, 5.41) is 9.09. The quantitative estimate of drug-likeness (QED) is 0.218. The Morgan fingerprint density at radius 2 is 1.08 bits per heavy atom. The van der Waals surface area contributed by atoms with E-state index in [0.717, 1.165) is 77.0 Å². The average molecular weight is 401 g/mol. The molecule has 0 spiro atoms. The van der Waals surface area contributed by atoms with Gasteiger partial charge in [0.1, 0.15) is 0 Å². The van der Waals surface area contributed by atoms with E-state index in [0.29, 0.717) is 12.8 Å². The van der Waals surface area contributed by atoms with Crippen molar-refractivity contribution >= 4 is 10.1 Å². The van der Waals surface area contributed by atoms with Crippen LogP contribution in [-0.4, -0.2) is 29.4 Å². The monoisotopic (exact) mass is 400 g/mol. The second-order valence-corrected chi connectivity index (χ2v) is 9.11. The molecule has 2 unspecified atom stereocenters. The van der Waals surface area contributed by atoms with Crippen molar-refractivity contribution in [2.45, 2.75) is 128 Å². The maximum atomic E-state index is 11.4. The van der Waals surface area contributed by atoms with E-state index in [1.54, 1.807) is 0 Å². The summed E-state index contributed by atoms with van der Waals surface area (Å²) in [6.45, 7) is 4.28. The molecule has 0 amide bonds. The molecule has 0 rings (SSSR count). The summed E-state index contributed by atoms with van der Waals surface area (Å²) in [6, 6.07) is 0. The van der Waals surface area contributed by atoms with E-state index in [4.69, 9.17) is 0 Å². The smallest absolute Gasteiger partial charge is 0.748 e. The van der Waals surface area contributed by atoms with Crippen molar-refractivity contribution in [3.05, 3.63) is 0 Å². The normalized spacial score (nSPS) is 14.0. The van der Waals surface area contributed by atoms with Gasteiger partial charge in [0.2, 0.25) is 0 Å². The molecule has 0 aliphatic rings. The van der Waals surface area contributed by atoms with Gasteiger partial charge in [-0.05, 0) is 25.7 Å². The van der Waals surface area contributed by atoms with Gasteiger partial charge < -0.3 is 9.66 Å². The molecule has 1 N–H and O–H groups in total. The first-order chi connectivity index (χ1) is 11.9. The van der Waals surface area contributed by atoms with Gasteiger partial charge in [0.15, 0.2) is 0 Å². The fraction of sp³-hybridized carbons (Fsp3) is 1.00. The zero-order chi connectivity index (χ0) is 19.0. The van der Waals surface area contributed by atoms with Crippen molar-refractivity contribution in [1.29, 1.82) is 0 Å². The standard InChI is InChI=1S/C20H42O4S.Na/c1-3-5-7-9-13-17-20(25(22,23)24)18-14-11-8-10-12-16-19(21)15-6-4-2;/h19-21H,3-18H2,1-2H3,(H,22,23,24);/q;+1/p-1. The van der Waals surface area contributed by atoms with Crippen LogP contribution < -0.4 is 29.6 Å². The molecule has 0 saturated heterocycles. The van der Waals surface area contributed by atoms with E-state index >= 15 is 0 Å². The molecule has 2 atom stereocenters. The summed E-state index contributed by atoms with van der Waals surface area (Å²) >= 11 is 0. The van der Waals surface area contributed by atoms with Gasteiger partial charge in [-0.15, -0.1) is 0 Å². The number of hydrogen-bond donors (Lipinski definition) is 1. The number of unbranched alkanes of at least 4 members (excludes halogenated alkanes) is 9. The first-order valence-corrected chi connectivity index (χ1v) is 12.0. The van der Waals surface area contributed by atoms with Crippen LogP contribution in [-0.2, 0) is 10.1 Å². The van der Waals surface area contributed by atoms with Crippen LogP contribution in [0.5, 0.6) is 0 Å². The predicted molar refractivity (Wildman–Crippen MR) is 105 cm³/mol. The Hall–Kier alpha value is 0.870. The van der Waals surface area contributed by atoms with Crippen molar-refractivity contribution in [2.75, 3.05) is 0 Å². The molecule has 0 saturated carbocycles. The van der Waals surface area contributed by atoms with E-state index in [-0.39, 0.29) is 35.7 Å². The third-order valence-electron chi connectivity index (χ3n) is 4.99. The van der Waals surface area contributed by atoms with Crippen LogP contribution in [0.15, 0.2) is 0 Å². The van der Waals surface area contributed by atoms with Crippen molar-refractivity contribution in [2.24, 2.45) is 0 Å². The van der Waals surface area contributed by atoms with Crippen molar-refractivity contribution < 1.29 is 47.6 Å². The number of aliphatic hydroxyl groups is 1. The minimum absolute atomic E-state index is 0. The molecule has 0 radical (unpaired) electrons. The number of aliphatic hydroxyl groups excluding tert-OH is 1. The summed E-state index contributed by atoms with van der Waals surface area (Å²) in [7, 11) is -4.16. The van der Waals surface area contributed by atoms with E-state index in [1.807, 2.05) is 0 Å². The Balaban J connectivity index is 0. The van der Waals surface area contributed by atoms with Crippen LogP contribution in [0.1, 0.15) is 117 Å². The van der Waals surface area contributed by atoms with Crippen molar-refractivity contribution in [1.82, 2.24) is 0 Å². The number of hydrogen-bond acceptors (Lipinski definition) is 4. The van der Waals surface area contributed by atoms with E-state index in [9.17, 15) is 18.1 Å². The Morgan fingerprint density at radius 1 is 0.692 bits per heavy atom. The summed E-state index contributed by atoms with van der Waals surface area (Å²) in [4.78, 5) is 0. The molecule has 0 aromatic carbocycles. The van der Waals surface area contributed by atoms with Crippen molar-refractivity contribution in [3.63, 3.8) is 0 Å². The van der Waals surface area contributed by atoms with Gasteiger partial charge in [-0.2, -0.15) is 0 Å². The maximum absolute atomic E-state index is 11.4. The number of rotatable bonds is 18. The summed E-state index contributed by atoms with van der Waals surface area (Å²) in [6.07, 6.45) is 15.2. The molecular weight excluding hydrogens is 359 g/mol. The van der Waals surface area contributed by atoms with Crippen LogP contribution in [0.2, 0.25) is 0 Å². The fourth-order valence-corrected chi connectivity index (χ4v) is 4.19. The van der Waals surface area contributed by atoms with E-state index < -0.39 is 15.4 Å². The van der Waals surface area contributed by atoms with Gasteiger partial charge in [-0.1, -0.05) is 90.9 Å². The molecule has 0 bridgehead atoms.